The van der Waals surface area contributed by atoms with E-state index >= 15 is 0 Å². The van der Waals surface area contributed by atoms with Crippen molar-refractivity contribution < 1.29 is 24.2 Å². The van der Waals surface area contributed by atoms with Crippen LogP contribution in [0.15, 0.2) is 72.8 Å². The number of halogens is 1. The molecule has 0 bridgehead atoms. The molecule has 0 spiro atoms. The van der Waals surface area contributed by atoms with Crippen LogP contribution in [0.25, 0.3) is 11.1 Å². The maximum absolute atomic E-state index is 13.2. The lowest BCUT2D eigenvalue weighted by Gasteiger charge is -2.26. The van der Waals surface area contributed by atoms with Crippen LogP contribution in [0.1, 0.15) is 30.4 Å². The smallest absolute Gasteiger partial charge is 0.407 e. The van der Waals surface area contributed by atoms with Gasteiger partial charge in [-0.1, -0.05) is 67.1 Å². The molecule has 180 valence electrons. The topological polar surface area (TPSA) is 95.9 Å². The van der Waals surface area contributed by atoms with E-state index in [1.165, 1.54) is 0 Å². The minimum absolute atomic E-state index is 0.110. The van der Waals surface area contributed by atoms with Gasteiger partial charge in [0.05, 0.1) is 0 Å². The second-order valence-electron chi connectivity index (χ2n) is 8.23. The SMILES string of the molecule is CCC(NC(=O)OCC1c2ccccc2-c2ccccc21)C(=O)N(CC(=O)O)c1ccc(Cl)cc1. The summed E-state index contributed by atoms with van der Waals surface area (Å²) >= 11 is 5.92. The van der Waals surface area contributed by atoms with E-state index in [9.17, 15) is 19.5 Å². The molecular weight excluding hydrogens is 468 g/mol. The maximum Gasteiger partial charge on any atom is 0.407 e. The van der Waals surface area contributed by atoms with Gasteiger partial charge in [-0.25, -0.2) is 4.79 Å². The molecule has 8 heteroatoms. The first-order valence-corrected chi connectivity index (χ1v) is 11.7. The van der Waals surface area contributed by atoms with Crippen LogP contribution in [-0.4, -0.2) is 42.3 Å². The molecule has 3 aromatic carbocycles. The van der Waals surface area contributed by atoms with Gasteiger partial charge in [-0.15, -0.1) is 0 Å². The number of benzene rings is 3. The number of amides is 2. The molecule has 0 fully saturated rings. The van der Waals surface area contributed by atoms with E-state index in [-0.39, 0.29) is 18.9 Å². The molecule has 1 aliphatic carbocycles. The summed E-state index contributed by atoms with van der Waals surface area (Å²) in [7, 11) is 0. The Bertz CT molecular complexity index is 1200. The van der Waals surface area contributed by atoms with Gasteiger partial charge < -0.3 is 15.2 Å². The molecule has 1 aliphatic rings. The predicted octanol–water partition coefficient (Wildman–Crippen LogP) is 5.07. The molecule has 7 nitrogen and oxygen atoms in total. The van der Waals surface area contributed by atoms with Crippen LogP contribution in [0.4, 0.5) is 10.5 Å². The summed E-state index contributed by atoms with van der Waals surface area (Å²) in [6.45, 7) is 1.29. The normalized spacial score (nSPS) is 12.9. The summed E-state index contributed by atoms with van der Waals surface area (Å²) in [5.74, 6) is -1.84. The van der Waals surface area contributed by atoms with Crippen LogP contribution in [0.3, 0.4) is 0 Å². The molecular formula is C27H25ClN2O5. The number of carboxylic acid groups (broad SMARTS) is 1. The summed E-state index contributed by atoms with van der Waals surface area (Å²) < 4.78 is 5.55. The zero-order valence-corrected chi connectivity index (χ0v) is 19.9. The molecule has 0 radical (unpaired) electrons. The zero-order chi connectivity index (χ0) is 24.9. The van der Waals surface area contributed by atoms with Crippen molar-refractivity contribution in [1.29, 1.82) is 0 Å². The van der Waals surface area contributed by atoms with E-state index in [1.807, 2.05) is 48.5 Å². The van der Waals surface area contributed by atoms with Gasteiger partial charge in [-0.3, -0.25) is 14.5 Å². The first-order valence-electron chi connectivity index (χ1n) is 11.3. The lowest BCUT2D eigenvalue weighted by Crippen LogP contribution is -2.50. The Morgan fingerprint density at radius 2 is 1.54 bits per heavy atom. The van der Waals surface area contributed by atoms with Crippen molar-refractivity contribution in [1.82, 2.24) is 5.32 Å². The van der Waals surface area contributed by atoms with Crippen LogP contribution in [-0.2, 0) is 14.3 Å². The molecule has 0 heterocycles. The number of rotatable bonds is 8. The van der Waals surface area contributed by atoms with Crippen molar-refractivity contribution >= 4 is 35.3 Å². The highest BCUT2D eigenvalue weighted by atomic mass is 35.5. The number of aliphatic carboxylic acids is 1. The Hall–Kier alpha value is -3.84. The highest BCUT2D eigenvalue weighted by molar-refractivity contribution is 6.30. The van der Waals surface area contributed by atoms with Crippen molar-refractivity contribution in [2.24, 2.45) is 0 Å². The second kappa shape index (κ2) is 10.6. The van der Waals surface area contributed by atoms with E-state index in [0.717, 1.165) is 27.2 Å². The second-order valence-corrected chi connectivity index (χ2v) is 8.66. The average molecular weight is 493 g/mol. The molecule has 4 rings (SSSR count). The number of anilines is 1. The van der Waals surface area contributed by atoms with Gasteiger partial charge in [0.15, 0.2) is 0 Å². The van der Waals surface area contributed by atoms with Crippen molar-refractivity contribution in [3.8, 4) is 11.1 Å². The van der Waals surface area contributed by atoms with Gasteiger partial charge in [0.25, 0.3) is 0 Å². The fourth-order valence-corrected chi connectivity index (χ4v) is 4.49. The molecule has 2 N–H and O–H groups in total. The molecule has 1 unspecified atom stereocenters. The van der Waals surface area contributed by atoms with Crippen molar-refractivity contribution in [2.45, 2.75) is 25.3 Å². The summed E-state index contributed by atoms with van der Waals surface area (Å²) in [6.07, 6.45) is -0.481. The number of hydrogen-bond acceptors (Lipinski definition) is 4. The van der Waals surface area contributed by atoms with E-state index in [4.69, 9.17) is 16.3 Å². The molecule has 0 aromatic heterocycles. The minimum atomic E-state index is -1.18. The highest BCUT2D eigenvalue weighted by Crippen LogP contribution is 2.44. The lowest BCUT2D eigenvalue weighted by molar-refractivity contribution is -0.136. The van der Waals surface area contributed by atoms with Crippen LogP contribution >= 0.6 is 11.6 Å². The Morgan fingerprint density at radius 3 is 2.09 bits per heavy atom. The average Bonchev–Trinajstić information content (AvgIpc) is 3.18. The molecule has 2 amide bonds. The Morgan fingerprint density at radius 1 is 0.971 bits per heavy atom. The van der Waals surface area contributed by atoms with Crippen molar-refractivity contribution in [3.05, 3.63) is 88.9 Å². The van der Waals surface area contributed by atoms with Crippen molar-refractivity contribution in [2.75, 3.05) is 18.1 Å². The molecule has 35 heavy (non-hydrogen) atoms. The molecule has 0 aliphatic heterocycles. The third-order valence-corrected chi connectivity index (χ3v) is 6.29. The molecule has 0 saturated heterocycles. The number of nitrogens with zero attached hydrogens (tertiary/aromatic N) is 1. The van der Waals surface area contributed by atoms with E-state index in [0.29, 0.717) is 10.7 Å². The largest absolute Gasteiger partial charge is 0.480 e. The molecule has 1 atom stereocenters. The van der Waals surface area contributed by atoms with E-state index < -0.39 is 30.6 Å². The fraction of sp³-hybridized carbons (Fsp3) is 0.222. The monoisotopic (exact) mass is 492 g/mol. The number of ether oxygens (including phenoxy) is 1. The number of carbonyl (C=O) groups excluding carboxylic acids is 2. The lowest BCUT2D eigenvalue weighted by atomic mass is 9.98. The third-order valence-electron chi connectivity index (χ3n) is 6.04. The number of nitrogens with one attached hydrogen (secondary N) is 1. The van der Waals surface area contributed by atoms with Gasteiger partial charge in [0.1, 0.15) is 19.2 Å². The summed E-state index contributed by atoms with van der Waals surface area (Å²) in [5.41, 5.74) is 4.77. The van der Waals surface area contributed by atoms with Gasteiger partial charge in [0.2, 0.25) is 5.91 Å². The standard InChI is InChI=1S/C27H25ClN2O5/c1-2-24(26(33)30(15-25(31)32)18-13-11-17(28)12-14-18)29-27(34)35-16-23-21-9-5-3-7-19(21)20-8-4-6-10-22(20)23/h3-14,23-24H,2,15-16H2,1H3,(H,29,34)(H,31,32). The molecule has 0 saturated carbocycles. The van der Waals surface area contributed by atoms with Gasteiger partial charge in [0, 0.05) is 16.6 Å². The first-order chi connectivity index (χ1) is 16.9. The van der Waals surface area contributed by atoms with Gasteiger partial charge in [-0.2, -0.15) is 0 Å². The van der Waals surface area contributed by atoms with Gasteiger partial charge in [-0.05, 0) is 52.9 Å². The quantitative estimate of drug-likeness (QED) is 0.457. The summed E-state index contributed by atoms with van der Waals surface area (Å²) in [6, 6.07) is 21.3. The maximum atomic E-state index is 13.2. The summed E-state index contributed by atoms with van der Waals surface area (Å²) in [5, 5.41) is 12.4. The number of hydrogen-bond donors (Lipinski definition) is 2. The molecule has 3 aromatic rings. The van der Waals surface area contributed by atoms with Crippen molar-refractivity contribution in [3.63, 3.8) is 0 Å². The number of fused-ring (bicyclic) bond motifs is 3. The summed E-state index contributed by atoms with van der Waals surface area (Å²) in [4.78, 5) is 38.4. The highest BCUT2D eigenvalue weighted by Gasteiger charge is 2.31. The predicted molar refractivity (Wildman–Crippen MR) is 134 cm³/mol. The van der Waals surface area contributed by atoms with Crippen LogP contribution in [0.5, 0.6) is 0 Å². The van der Waals surface area contributed by atoms with Crippen LogP contribution in [0, 0.1) is 0 Å². The Balaban J connectivity index is 1.45. The Labute approximate surface area is 208 Å². The number of carboxylic acids is 1. The van der Waals surface area contributed by atoms with E-state index in [1.54, 1.807) is 31.2 Å². The minimum Gasteiger partial charge on any atom is -0.480 e. The third kappa shape index (κ3) is 5.30. The number of carbonyl (C=O) groups is 3. The van der Waals surface area contributed by atoms with Crippen LogP contribution in [0.2, 0.25) is 5.02 Å². The fourth-order valence-electron chi connectivity index (χ4n) is 4.36. The van der Waals surface area contributed by atoms with E-state index in [2.05, 4.69) is 5.32 Å². The zero-order valence-electron chi connectivity index (χ0n) is 19.1. The number of alkyl carbamates (subject to hydrolysis) is 1. The Kier molecular flexibility index (Phi) is 7.36. The van der Waals surface area contributed by atoms with Gasteiger partial charge >= 0.3 is 12.1 Å². The first kappa shape index (κ1) is 24.3. The van der Waals surface area contributed by atoms with Crippen LogP contribution < -0.4 is 10.2 Å².